The zero-order chi connectivity index (χ0) is 17.5. The van der Waals surface area contributed by atoms with Gasteiger partial charge in [0.05, 0.1) is 17.9 Å². The van der Waals surface area contributed by atoms with Crippen LogP contribution < -0.4 is 5.32 Å². The Bertz CT molecular complexity index is 752. The van der Waals surface area contributed by atoms with Gasteiger partial charge in [0.15, 0.2) is 0 Å². The Morgan fingerprint density at radius 1 is 1.00 bits per heavy atom. The second-order valence-electron chi connectivity index (χ2n) is 5.02. The molecule has 0 saturated carbocycles. The van der Waals surface area contributed by atoms with Crippen LogP contribution in [0.1, 0.15) is 25.0 Å². The highest BCUT2D eigenvalue weighted by Crippen LogP contribution is 2.27. The lowest BCUT2D eigenvalue weighted by Gasteiger charge is -2.16. The molecular weight excluding hydrogens is 326 g/mol. The van der Waals surface area contributed by atoms with Gasteiger partial charge in [0, 0.05) is 11.9 Å². The summed E-state index contributed by atoms with van der Waals surface area (Å²) < 4.78 is 5.19. The number of hydrogen-bond donors (Lipinski definition) is 1. The predicted octanol–water partition coefficient (Wildman–Crippen LogP) is 3.91. The highest BCUT2D eigenvalue weighted by atomic mass is 35.5. The van der Waals surface area contributed by atoms with Gasteiger partial charge < -0.3 is 10.1 Å². The fourth-order valence-electron chi connectivity index (χ4n) is 2.24. The van der Waals surface area contributed by atoms with Crippen molar-refractivity contribution in [1.29, 1.82) is 0 Å². The number of amides is 1. The van der Waals surface area contributed by atoms with E-state index < -0.39 is 5.97 Å². The van der Waals surface area contributed by atoms with E-state index >= 15 is 0 Å². The number of carbonyl (C=O) groups is 2. The van der Waals surface area contributed by atoms with Gasteiger partial charge in [-0.1, -0.05) is 54.1 Å². The Hall–Kier alpha value is -2.59. The summed E-state index contributed by atoms with van der Waals surface area (Å²) in [5.74, 6) is -0.778. The maximum Gasteiger partial charge on any atom is 0.340 e. The average Bonchev–Trinajstić information content (AvgIpc) is 2.56. The van der Waals surface area contributed by atoms with E-state index in [1.807, 2.05) is 18.2 Å². The molecule has 2 aromatic rings. The summed E-state index contributed by atoms with van der Waals surface area (Å²) in [5.41, 5.74) is 2.02. The Balaban J connectivity index is 2.69. The molecule has 2 rings (SSSR count). The first-order valence-electron chi connectivity index (χ1n) is 7.53. The minimum Gasteiger partial charge on any atom is -0.462 e. The van der Waals surface area contributed by atoms with E-state index in [1.54, 1.807) is 43.3 Å². The number of halogens is 1. The van der Waals surface area contributed by atoms with E-state index in [-0.39, 0.29) is 12.5 Å². The van der Waals surface area contributed by atoms with Crippen LogP contribution in [-0.4, -0.2) is 18.5 Å². The van der Waals surface area contributed by atoms with Crippen molar-refractivity contribution < 1.29 is 14.3 Å². The number of hydrogen-bond acceptors (Lipinski definition) is 3. The highest BCUT2D eigenvalue weighted by molar-refractivity contribution is 6.30. The van der Waals surface area contributed by atoms with Gasteiger partial charge in [-0.15, -0.1) is 0 Å². The van der Waals surface area contributed by atoms with E-state index in [2.05, 4.69) is 5.32 Å². The molecule has 0 unspecified atom stereocenters. The molecule has 1 amide bonds. The summed E-state index contributed by atoms with van der Waals surface area (Å²) in [6, 6.07) is 16.0. The van der Waals surface area contributed by atoms with E-state index in [0.717, 1.165) is 0 Å². The smallest absolute Gasteiger partial charge is 0.340 e. The molecule has 0 aliphatic heterocycles. The summed E-state index contributed by atoms with van der Waals surface area (Å²) >= 11 is 5.94. The molecule has 5 heteroatoms. The van der Waals surface area contributed by atoms with Crippen LogP contribution in [0, 0.1) is 0 Å². The molecule has 124 valence electrons. The molecule has 0 fully saturated rings. The second kappa shape index (κ2) is 8.31. The van der Waals surface area contributed by atoms with Crippen LogP contribution >= 0.6 is 11.6 Å². The van der Waals surface area contributed by atoms with Gasteiger partial charge in [0.1, 0.15) is 0 Å². The first-order chi connectivity index (χ1) is 11.5. The Labute approximate surface area is 146 Å². The highest BCUT2D eigenvalue weighted by Gasteiger charge is 2.21. The second-order valence-corrected chi connectivity index (χ2v) is 5.46. The molecule has 0 bridgehead atoms. The van der Waals surface area contributed by atoms with E-state index in [0.29, 0.717) is 27.4 Å². The summed E-state index contributed by atoms with van der Waals surface area (Å²) in [4.78, 5) is 24.2. The average molecular weight is 344 g/mol. The molecule has 0 spiro atoms. The molecule has 2 aromatic carbocycles. The maximum atomic E-state index is 12.5. The molecule has 0 saturated heterocycles. The number of carbonyl (C=O) groups excluding carboxylic acids is 2. The molecule has 0 radical (unpaired) electrons. The van der Waals surface area contributed by atoms with Crippen molar-refractivity contribution in [2.75, 3.05) is 6.61 Å². The first kappa shape index (κ1) is 17.8. The predicted molar refractivity (Wildman–Crippen MR) is 95.2 cm³/mol. The SMILES string of the molecule is CCOC(=O)/C(=C(\NC(C)=O)c1ccc(Cl)cc1)c1ccccc1. The summed E-state index contributed by atoms with van der Waals surface area (Å²) in [5, 5.41) is 3.32. The zero-order valence-electron chi connectivity index (χ0n) is 13.5. The van der Waals surface area contributed by atoms with Crippen molar-refractivity contribution in [3.63, 3.8) is 0 Å². The number of nitrogens with one attached hydrogen (secondary N) is 1. The van der Waals surface area contributed by atoms with Crippen molar-refractivity contribution >= 4 is 34.7 Å². The summed E-state index contributed by atoms with van der Waals surface area (Å²) in [7, 11) is 0. The van der Waals surface area contributed by atoms with Crippen LogP contribution in [0.15, 0.2) is 54.6 Å². The molecule has 0 heterocycles. The number of rotatable bonds is 5. The van der Waals surface area contributed by atoms with Gasteiger partial charge in [0.25, 0.3) is 0 Å². The fraction of sp³-hybridized carbons (Fsp3) is 0.158. The number of ether oxygens (including phenoxy) is 1. The van der Waals surface area contributed by atoms with Crippen LogP contribution in [0.3, 0.4) is 0 Å². The van der Waals surface area contributed by atoms with Crippen molar-refractivity contribution in [2.45, 2.75) is 13.8 Å². The lowest BCUT2D eigenvalue weighted by molar-refractivity contribution is -0.136. The molecule has 24 heavy (non-hydrogen) atoms. The van der Waals surface area contributed by atoms with E-state index in [4.69, 9.17) is 16.3 Å². The minimum absolute atomic E-state index is 0.239. The molecule has 4 nitrogen and oxygen atoms in total. The lowest BCUT2D eigenvalue weighted by atomic mass is 9.99. The Morgan fingerprint density at radius 3 is 2.17 bits per heavy atom. The van der Waals surface area contributed by atoms with Crippen LogP contribution in [0.2, 0.25) is 5.02 Å². The fourth-order valence-corrected chi connectivity index (χ4v) is 2.37. The number of esters is 1. The standard InChI is InChI=1S/C19H18ClNO3/c1-3-24-19(23)17(14-7-5-4-6-8-14)18(21-13(2)22)15-9-11-16(20)12-10-15/h4-12H,3H2,1-2H3,(H,21,22)/b18-17-. The van der Waals surface area contributed by atoms with Gasteiger partial charge in [-0.25, -0.2) is 4.79 Å². The van der Waals surface area contributed by atoms with Crippen molar-refractivity contribution in [3.05, 3.63) is 70.7 Å². The molecule has 0 aliphatic carbocycles. The maximum absolute atomic E-state index is 12.5. The van der Waals surface area contributed by atoms with E-state index in [9.17, 15) is 9.59 Å². The van der Waals surface area contributed by atoms with Crippen LogP contribution in [0.5, 0.6) is 0 Å². The molecule has 0 aromatic heterocycles. The van der Waals surface area contributed by atoms with Gasteiger partial charge in [-0.05, 0) is 30.2 Å². The van der Waals surface area contributed by atoms with Gasteiger partial charge in [-0.3, -0.25) is 4.79 Å². The monoisotopic (exact) mass is 343 g/mol. The van der Waals surface area contributed by atoms with Crippen molar-refractivity contribution in [3.8, 4) is 0 Å². The normalized spacial score (nSPS) is 11.5. The minimum atomic E-state index is -0.498. The van der Waals surface area contributed by atoms with Crippen LogP contribution in [0.4, 0.5) is 0 Å². The number of benzene rings is 2. The van der Waals surface area contributed by atoms with E-state index in [1.165, 1.54) is 6.92 Å². The van der Waals surface area contributed by atoms with Gasteiger partial charge in [0.2, 0.25) is 5.91 Å². The van der Waals surface area contributed by atoms with Crippen molar-refractivity contribution in [1.82, 2.24) is 5.32 Å². The zero-order valence-corrected chi connectivity index (χ0v) is 14.3. The van der Waals surface area contributed by atoms with Crippen LogP contribution in [-0.2, 0) is 14.3 Å². The molecule has 0 atom stereocenters. The largest absolute Gasteiger partial charge is 0.462 e. The summed E-state index contributed by atoms with van der Waals surface area (Å²) in [6.07, 6.45) is 0. The third kappa shape index (κ3) is 4.46. The van der Waals surface area contributed by atoms with Gasteiger partial charge >= 0.3 is 5.97 Å². The molecular formula is C19H18ClNO3. The Morgan fingerprint density at radius 2 is 1.62 bits per heavy atom. The first-order valence-corrected chi connectivity index (χ1v) is 7.91. The Kier molecular flexibility index (Phi) is 6.15. The topological polar surface area (TPSA) is 55.4 Å². The van der Waals surface area contributed by atoms with Crippen LogP contribution in [0.25, 0.3) is 11.3 Å². The third-order valence-electron chi connectivity index (χ3n) is 3.23. The van der Waals surface area contributed by atoms with Crippen molar-refractivity contribution in [2.24, 2.45) is 0 Å². The lowest BCUT2D eigenvalue weighted by Crippen LogP contribution is -2.22. The molecule has 0 aliphatic rings. The summed E-state index contributed by atoms with van der Waals surface area (Å²) in [6.45, 7) is 3.37. The quantitative estimate of drug-likeness (QED) is 0.509. The third-order valence-corrected chi connectivity index (χ3v) is 3.48. The van der Waals surface area contributed by atoms with Gasteiger partial charge in [-0.2, -0.15) is 0 Å². The molecule has 1 N–H and O–H groups in total.